The summed E-state index contributed by atoms with van der Waals surface area (Å²) in [5.74, 6) is 0.625. The van der Waals surface area contributed by atoms with Crippen LogP contribution in [0.4, 0.5) is 5.69 Å². The van der Waals surface area contributed by atoms with Crippen LogP contribution < -0.4 is 20.2 Å². The fourth-order valence-electron chi connectivity index (χ4n) is 2.57. The number of carbonyl (C=O) groups is 2. The van der Waals surface area contributed by atoms with E-state index in [0.717, 1.165) is 24.0 Å². The molecule has 0 unspecified atom stereocenters. The number of halogens is 1. The fraction of sp³-hybridized carbons (Fsp3) is 0.348. The molecule has 2 aromatic carbocycles. The third-order valence-corrected chi connectivity index (χ3v) is 4.79. The molecule has 0 aliphatic heterocycles. The first kappa shape index (κ1) is 24.2. The number of hydrogen-bond donors (Lipinski definition) is 2. The summed E-state index contributed by atoms with van der Waals surface area (Å²) >= 11 is 6.04. The molecule has 8 heteroatoms. The molecule has 2 N–H and O–H groups in total. The molecule has 0 radical (unpaired) electrons. The first-order valence-electron chi connectivity index (χ1n) is 10.1. The van der Waals surface area contributed by atoms with E-state index < -0.39 is 0 Å². The quantitative estimate of drug-likeness (QED) is 0.298. The molecule has 0 aliphatic carbocycles. The van der Waals surface area contributed by atoms with E-state index in [1.165, 1.54) is 6.21 Å². The number of nitrogens with one attached hydrogen (secondary N) is 2. The summed E-state index contributed by atoms with van der Waals surface area (Å²) in [4.78, 5) is 23.9. The Kier molecular flexibility index (Phi) is 9.84. The maximum atomic E-state index is 12.0. The second-order valence-electron chi connectivity index (χ2n) is 6.92. The highest BCUT2D eigenvalue weighted by Crippen LogP contribution is 2.27. The average Bonchev–Trinajstić information content (AvgIpc) is 2.75. The maximum absolute atomic E-state index is 12.0. The van der Waals surface area contributed by atoms with Crippen LogP contribution in [-0.2, 0) is 9.59 Å². The highest BCUT2D eigenvalue weighted by molar-refractivity contribution is 6.31. The number of benzene rings is 2. The Hall–Kier alpha value is -3.06. The van der Waals surface area contributed by atoms with Crippen LogP contribution in [0, 0.1) is 6.92 Å². The molecule has 166 valence electrons. The molecule has 7 nitrogen and oxygen atoms in total. The number of unbranched alkanes of at least 4 members (excludes halogenated alkanes) is 1. The van der Waals surface area contributed by atoms with Crippen molar-refractivity contribution in [3.63, 3.8) is 0 Å². The minimum absolute atomic E-state index is 0.0102. The van der Waals surface area contributed by atoms with Crippen molar-refractivity contribution in [2.45, 2.75) is 39.5 Å². The van der Waals surface area contributed by atoms with Gasteiger partial charge in [-0.2, -0.15) is 5.10 Å². The molecule has 0 atom stereocenters. The van der Waals surface area contributed by atoms with Gasteiger partial charge in [0.2, 0.25) is 11.8 Å². The molecule has 0 bridgehead atoms. The van der Waals surface area contributed by atoms with Gasteiger partial charge in [0.1, 0.15) is 0 Å². The standard InChI is InChI=1S/C23H28ClN3O4/c1-4-5-12-31-20-9-7-17(13-21(20)30-3)15-25-27-23(29)11-10-22(28)26-18-8-6-16(2)19(24)14-18/h6-9,13-15H,4-5,10-12H2,1-3H3,(H,26,28)(H,27,29). The summed E-state index contributed by atoms with van der Waals surface area (Å²) in [5.41, 5.74) is 4.68. The third-order valence-electron chi connectivity index (χ3n) is 4.38. The highest BCUT2D eigenvalue weighted by atomic mass is 35.5. The Morgan fingerprint density at radius 1 is 1.10 bits per heavy atom. The lowest BCUT2D eigenvalue weighted by Crippen LogP contribution is -2.20. The van der Waals surface area contributed by atoms with Crippen molar-refractivity contribution in [2.75, 3.05) is 19.0 Å². The molecule has 0 spiro atoms. The maximum Gasteiger partial charge on any atom is 0.240 e. The van der Waals surface area contributed by atoms with E-state index in [1.54, 1.807) is 31.4 Å². The monoisotopic (exact) mass is 445 g/mol. The second kappa shape index (κ2) is 12.6. The summed E-state index contributed by atoms with van der Waals surface area (Å²) in [5, 5.41) is 7.22. The number of nitrogens with zero attached hydrogens (tertiary/aromatic N) is 1. The molecule has 31 heavy (non-hydrogen) atoms. The van der Waals surface area contributed by atoms with Crippen molar-refractivity contribution in [3.05, 3.63) is 52.5 Å². The third kappa shape index (κ3) is 8.30. The molecular formula is C23H28ClN3O4. The molecule has 2 rings (SSSR count). The zero-order valence-electron chi connectivity index (χ0n) is 18.0. The van der Waals surface area contributed by atoms with E-state index in [0.29, 0.717) is 28.8 Å². The van der Waals surface area contributed by atoms with Gasteiger partial charge in [0.25, 0.3) is 0 Å². The van der Waals surface area contributed by atoms with Gasteiger partial charge in [-0.3, -0.25) is 9.59 Å². The van der Waals surface area contributed by atoms with E-state index >= 15 is 0 Å². The van der Waals surface area contributed by atoms with Crippen molar-refractivity contribution in [3.8, 4) is 11.5 Å². The van der Waals surface area contributed by atoms with E-state index in [9.17, 15) is 9.59 Å². The zero-order valence-corrected chi connectivity index (χ0v) is 18.8. The van der Waals surface area contributed by atoms with Gasteiger partial charge in [-0.05, 0) is 54.8 Å². The van der Waals surface area contributed by atoms with Crippen LogP contribution >= 0.6 is 11.6 Å². The van der Waals surface area contributed by atoms with Crippen LogP contribution in [0.3, 0.4) is 0 Å². The number of rotatable bonds is 11. The van der Waals surface area contributed by atoms with Crippen LogP contribution in [0.15, 0.2) is 41.5 Å². The SMILES string of the molecule is CCCCOc1ccc(C=NNC(=O)CCC(=O)Nc2ccc(C)c(Cl)c2)cc1OC. The van der Waals surface area contributed by atoms with E-state index in [1.807, 2.05) is 19.1 Å². The number of methoxy groups -OCH3 is 1. The number of hydrazone groups is 1. The Morgan fingerprint density at radius 2 is 1.87 bits per heavy atom. The Labute approximate surface area is 187 Å². The van der Waals surface area contributed by atoms with E-state index in [-0.39, 0.29) is 24.7 Å². The fourth-order valence-corrected chi connectivity index (χ4v) is 2.75. The first-order valence-corrected chi connectivity index (χ1v) is 10.5. The number of hydrogen-bond acceptors (Lipinski definition) is 5. The smallest absolute Gasteiger partial charge is 0.240 e. The first-order chi connectivity index (χ1) is 14.9. The molecule has 0 fully saturated rings. The summed E-state index contributed by atoms with van der Waals surface area (Å²) in [6.07, 6.45) is 3.56. The van der Waals surface area contributed by atoms with Crippen LogP contribution in [0.2, 0.25) is 5.02 Å². The minimum atomic E-state index is -0.361. The van der Waals surface area contributed by atoms with Gasteiger partial charge in [0.05, 0.1) is 19.9 Å². The Morgan fingerprint density at radius 3 is 2.58 bits per heavy atom. The van der Waals surface area contributed by atoms with Crippen LogP contribution in [0.1, 0.15) is 43.7 Å². The largest absolute Gasteiger partial charge is 0.493 e. The average molecular weight is 446 g/mol. The van der Waals surface area contributed by atoms with Crippen LogP contribution in [0.5, 0.6) is 11.5 Å². The molecular weight excluding hydrogens is 418 g/mol. The Bertz CT molecular complexity index is 931. The minimum Gasteiger partial charge on any atom is -0.493 e. The van der Waals surface area contributed by atoms with Gasteiger partial charge < -0.3 is 14.8 Å². The normalized spacial score (nSPS) is 10.7. The van der Waals surface area contributed by atoms with E-state index in [4.69, 9.17) is 21.1 Å². The van der Waals surface area contributed by atoms with Gasteiger partial charge >= 0.3 is 0 Å². The number of amides is 2. The summed E-state index contributed by atoms with van der Waals surface area (Å²) in [6, 6.07) is 10.7. The summed E-state index contributed by atoms with van der Waals surface area (Å²) < 4.78 is 11.0. The van der Waals surface area contributed by atoms with E-state index in [2.05, 4.69) is 22.8 Å². The van der Waals surface area contributed by atoms with Crippen molar-refractivity contribution >= 4 is 35.3 Å². The van der Waals surface area contributed by atoms with Crippen molar-refractivity contribution in [1.82, 2.24) is 5.43 Å². The van der Waals surface area contributed by atoms with Crippen molar-refractivity contribution in [1.29, 1.82) is 0 Å². The molecule has 2 aromatic rings. The predicted molar refractivity (Wildman–Crippen MR) is 123 cm³/mol. The molecule has 0 heterocycles. The number of aryl methyl sites for hydroxylation is 1. The molecule has 0 aromatic heterocycles. The highest BCUT2D eigenvalue weighted by Gasteiger charge is 2.08. The summed E-state index contributed by atoms with van der Waals surface area (Å²) in [7, 11) is 1.57. The molecule has 0 aliphatic rings. The lowest BCUT2D eigenvalue weighted by atomic mass is 10.2. The van der Waals surface area contributed by atoms with Crippen LogP contribution in [0.25, 0.3) is 0 Å². The molecule has 0 saturated carbocycles. The van der Waals surface area contributed by atoms with Crippen LogP contribution in [-0.4, -0.2) is 31.7 Å². The lowest BCUT2D eigenvalue weighted by Gasteiger charge is -2.10. The number of ether oxygens (including phenoxy) is 2. The lowest BCUT2D eigenvalue weighted by molar-refractivity contribution is -0.124. The van der Waals surface area contributed by atoms with Gasteiger partial charge in [0.15, 0.2) is 11.5 Å². The molecule has 0 saturated heterocycles. The zero-order chi connectivity index (χ0) is 22.6. The van der Waals surface area contributed by atoms with Gasteiger partial charge in [-0.1, -0.05) is 31.0 Å². The summed E-state index contributed by atoms with van der Waals surface area (Å²) in [6.45, 7) is 4.60. The van der Waals surface area contributed by atoms with Gasteiger partial charge in [-0.15, -0.1) is 0 Å². The number of anilines is 1. The predicted octanol–water partition coefficient (Wildman–Crippen LogP) is 4.70. The topological polar surface area (TPSA) is 89.0 Å². The number of carbonyl (C=O) groups excluding carboxylic acids is 2. The van der Waals surface area contributed by atoms with Gasteiger partial charge in [0, 0.05) is 23.6 Å². The van der Waals surface area contributed by atoms with Gasteiger partial charge in [-0.25, -0.2) is 5.43 Å². The molecule has 2 amide bonds. The Balaban J connectivity index is 1.79. The van der Waals surface area contributed by atoms with Crippen molar-refractivity contribution in [2.24, 2.45) is 5.10 Å². The second-order valence-corrected chi connectivity index (χ2v) is 7.32. The van der Waals surface area contributed by atoms with Crippen molar-refractivity contribution < 1.29 is 19.1 Å².